The van der Waals surface area contributed by atoms with Gasteiger partial charge in [-0.1, -0.05) is 18.3 Å². The zero-order valence-electron chi connectivity index (χ0n) is 10.00. The first-order valence-corrected chi connectivity index (χ1v) is 6.72. The quantitative estimate of drug-likeness (QED) is 0.917. The molecule has 1 unspecified atom stereocenters. The molecule has 1 saturated heterocycles. The maximum atomic E-state index is 12.5. The third-order valence-electron chi connectivity index (χ3n) is 2.84. The van der Waals surface area contributed by atoms with Crippen LogP contribution >= 0.6 is 11.3 Å². The smallest absolute Gasteiger partial charge is 0.342 e. The highest BCUT2D eigenvalue weighted by Crippen LogP contribution is 2.35. The molecule has 1 aromatic heterocycles. The van der Waals surface area contributed by atoms with Gasteiger partial charge in [0.05, 0.1) is 0 Å². The molecule has 1 aromatic rings. The highest BCUT2D eigenvalue weighted by Gasteiger charge is 2.37. The van der Waals surface area contributed by atoms with Gasteiger partial charge in [0.2, 0.25) is 10.1 Å². The molecule has 102 valence electrons. The van der Waals surface area contributed by atoms with Gasteiger partial charge in [0.15, 0.2) is 0 Å². The van der Waals surface area contributed by atoms with Gasteiger partial charge in [-0.25, -0.2) is 0 Å². The van der Waals surface area contributed by atoms with E-state index in [0.717, 1.165) is 25.9 Å². The minimum atomic E-state index is -4.40. The lowest BCUT2D eigenvalue weighted by Gasteiger charge is -2.26. The van der Waals surface area contributed by atoms with Gasteiger partial charge in [-0.2, -0.15) is 13.2 Å². The average Bonchev–Trinajstić information content (AvgIpc) is 2.96. The lowest BCUT2D eigenvalue weighted by molar-refractivity contribution is -0.138. The molecular weight excluding hydrogens is 265 g/mol. The number of hydrogen-bond acceptors (Lipinski definition) is 5. The van der Waals surface area contributed by atoms with Crippen LogP contribution in [0, 0.1) is 0 Å². The highest BCUT2D eigenvalue weighted by atomic mass is 32.1. The molecule has 18 heavy (non-hydrogen) atoms. The van der Waals surface area contributed by atoms with Crippen LogP contribution in [-0.4, -0.2) is 35.9 Å². The molecule has 2 heterocycles. The van der Waals surface area contributed by atoms with E-state index in [1.807, 2.05) is 11.8 Å². The Morgan fingerprint density at radius 3 is 2.72 bits per heavy atom. The van der Waals surface area contributed by atoms with Gasteiger partial charge in [0, 0.05) is 19.1 Å². The minimum Gasteiger partial charge on any atom is -0.342 e. The Morgan fingerprint density at radius 1 is 1.44 bits per heavy atom. The molecule has 0 bridgehead atoms. The molecular formula is C10H15F3N4S. The van der Waals surface area contributed by atoms with Gasteiger partial charge in [0.1, 0.15) is 0 Å². The van der Waals surface area contributed by atoms with E-state index in [1.165, 1.54) is 0 Å². The first kappa shape index (κ1) is 13.5. The maximum Gasteiger partial charge on any atom is 0.445 e. The first-order chi connectivity index (χ1) is 8.52. The number of halogens is 3. The first-order valence-electron chi connectivity index (χ1n) is 5.90. The molecule has 0 amide bonds. The van der Waals surface area contributed by atoms with Crippen LogP contribution < -0.4 is 10.2 Å². The summed E-state index contributed by atoms with van der Waals surface area (Å²) in [7, 11) is 0. The average molecular weight is 280 g/mol. The van der Waals surface area contributed by atoms with E-state index >= 15 is 0 Å². The summed E-state index contributed by atoms with van der Waals surface area (Å²) in [5, 5.41) is 9.65. The number of hydrogen-bond donors (Lipinski definition) is 1. The largest absolute Gasteiger partial charge is 0.445 e. The van der Waals surface area contributed by atoms with Gasteiger partial charge in [-0.3, -0.25) is 0 Å². The fourth-order valence-corrected chi connectivity index (χ4v) is 2.84. The molecule has 1 aliphatic rings. The second-order valence-corrected chi connectivity index (χ2v) is 5.18. The van der Waals surface area contributed by atoms with Crippen molar-refractivity contribution in [1.29, 1.82) is 0 Å². The Balaban J connectivity index is 2.17. The van der Waals surface area contributed by atoms with Crippen LogP contribution in [0.25, 0.3) is 0 Å². The van der Waals surface area contributed by atoms with Crippen molar-refractivity contribution in [3.63, 3.8) is 0 Å². The van der Waals surface area contributed by atoms with E-state index in [1.54, 1.807) is 0 Å². The van der Waals surface area contributed by atoms with Crippen LogP contribution in [0.5, 0.6) is 0 Å². The predicted octanol–water partition coefficient (Wildman–Crippen LogP) is 2.14. The van der Waals surface area contributed by atoms with Gasteiger partial charge in [-0.05, 0) is 19.4 Å². The zero-order valence-corrected chi connectivity index (χ0v) is 10.8. The van der Waals surface area contributed by atoms with Crippen LogP contribution in [0.3, 0.4) is 0 Å². The number of alkyl halides is 3. The SMILES string of the molecule is CCCN(c1nnc(C(F)(F)F)s1)C1CCNC1. The number of aromatic nitrogens is 2. The number of nitrogens with zero attached hydrogens (tertiary/aromatic N) is 3. The topological polar surface area (TPSA) is 41.1 Å². The molecule has 1 N–H and O–H groups in total. The van der Waals surface area contributed by atoms with Gasteiger partial charge >= 0.3 is 6.18 Å². The van der Waals surface area contributed by atoms with Crippen molar-refractivity contribution < 1.29 is 13.2 Å². The standard InChI is InChI=1S/C10H15F3N4S/c1-2-5-17(7-3-4-14-6-7)9-16-15-8(18-9)10(11,12)13/h7,14H,2-6H2,1H3. The molecule has 0 spiro atoms. The summed E-state index contributed by atoms with van der Waals surface area (Å²) >= 11 is 0.626. The van der Waals surface area contributed by atoms with E-state index < -0.39 is 11.2 Å². The Bertz CT molecular complexity index is 387. The molecule has 1 aliphatic heterocycles. The normalized spacial score (nSPS) is 20.3. The molecule has 2 rings (SSSR count). The summed E-state index contributed by atoms with van der Waals surface area (Å²) in [4.78, 5) is 1.94. The molecule has 1 atom stereocenters. The monoisotopic (exact) mass is 280 g/mol. The van der Waals surface area contributed by atoms with E-state index in [-0.39, 0.29) is 6.04 Å². The maximum absolute atomic E-state index is 12.5. The van der Waals surface area contributed by atoms with Gasteiger partial charge < -0.3 is 10.2 Å². The van der Waals surface area contributed by atoms with Crippen LogP contribution in [0.4, 0.5) is 18.3 Å². The fraction of sp³-hybridized carbons (Fsp3) is 0.800. The summed E-state index contributed by atoms with van der Waals surface area (Å²) in [6, 6.07) is 0.221. The van der Waals surface area contributed by atoms with Crippen molar-refractivity contribution in [2.24, 2.45) is 0 Å². The molecule has 0 saturated carbocycles. The van der Waals surface area contributed by atoms with Crippen molar-refractivity contribution in [1.82, 2.24) is 15.5 Å². The summed E-state index contributed by atoms with van der Waals surface area (Å²) in [5.41, 5.74) is 0. The molecule has 0 aliphatic carbocycles. The summed E-state index contributed by atoms with van der Waals surface area (Å²) in [5.74, 6) is 0. The summed E-state index contributed by atoms with van der Waals surface area (Å²) in [6.45, 7) is 4.40. The van der Waals surface area contributed by atoms with Crippen LogP contribution in [0.15, 0.2) is 0 Å². The van der Waals surface area contributed by atoms with Gasteiger partial charge in [-0.15, -0.1) is 10.2 Å². The third-order valence-corrected chi connectivity index (χ3v) is 3.85. The lowest BCUT2D eigenvalue weighted by atomic mass is 10.2. The number of rotatable bonds is 4. The molecule has 0 radical (unpaired) electrons. The lowest BCUT2D eigenvalue weighted by Crippen LogP contribution is -2.37. The molecule has 8 heteroatoms. The summed E-state index contributed by atoms with van der Waals surface area (Å²) < 4.78 is 37.5. The van der Waals surface area contributed by atoms with Crippen LogP contribution in [0.1, 0.15) is 24.8 Å². The predicted molar refractivity (Wildman–Crippen MR) is 63.8 cm³/mol. The van der Waals surface area contributed by atoms with Gasteiger partial charge in [0.25, 0.3) is 0 Å². The number of anilines is 1. The van der Waals surface area contributed by atoms with Crippen molar-refractivity contribution in [3.05, 3.63) is 5.01 Å². The fourth-order valence-electron chi connectivity index (χ4n) is 2.03. The highest BCUT2D eigenvalue weighted by molar-refractivity contribution is 7.15. The Labute approximate surface area is 107 Å². The van der Waals surface area contributed by atoms with E-state index in [0.29, 0.717) is 23.0 Å². The van der Waals surface area contributed by atoms with E-state index in [9.17, 15) is 13.2 Å². The van der Waals surface area contributed by atoms with Crippen LogP contribution in [-0.2, 0) is 6.18 Å². The van der Waals surface area contributed by atoms with E-state index in [4.69, 9.17) is 0 Å². The molecule has 1 fully saturated rings. The molecule has 4 nitrogen and oxygen atoms in total. The number of nitrogens with one attached hydrogen (secondary N) is 1. The van der Waals surface area contributed by atoms with Crippen molar-refractivity contribution in [2.75, 3.05) is 24.5 Å². The van der Waals surface area contributed by atoms with Crippen molar-refractivity contribution in [2.45, 2.75) is 32.0 Å². The minimum absolute atomic E-state index is 0.221. The Kier molecular flexibility index (Phi) is 4.06. The molecule has 0 aromatic carbocycles. The van der Waals surface area contributed by atoms with Crippen molar-refractivity contribution >= 4 is 16.5 Å². The third kappa shape index (κ3) is 2.92. The second-order valence-electron chi connectivity index (χ2n) is 4.23. The Morgan fingerprint density at radius 2 is 2.22 bits per heavy atom. The zero-order chi connectivity index (χ0) is 13.2. The van der Waals surface area contributed by atoms with Crippen LogP contribution in [0.2, 0.25) is 0 Å². The van der Waals surface area contributed by atoms with E-state index in [2.05, 4.69) is 15.5 Å². The second kappa shape index (κ2) is 5.40. The summed E-state index contributed by atoms with van der Waals surface area (Å²) in [6.07, 6.45) is -2.60. The Hall–Kier alpha value is -0.890. The van der Waals surface area contributed by atoms with Crippen molar-refractivity contribution in [3.8, 4) is 0 Å².